The first-order chi connectivity index (χ1) is 9.96. The summed E-state index contributed by atoms with van der Waals surface area (Å²) in [6.07, 6.45) is -3.36. The van der Waals surface area contributed by atoms with Gasteiger partial charge in [0.15, 0.2) is 6.61 Å². The Hall–Kier alpha value is -1.47. The second kappa shape index (κ2) is 7.00. The first-order valence-corrected chi connectivity index (χ1v) is 7.19. The number of aromatic nitrogens is 2. The molecule has 1 aromatic carbocycles. The highest BCUT2D eigenvalue weighted by Gasteiger charge is 2.29. The summed E-state index contributed by atoms with van der Waals surface area (Å²) in [4.78, 5) is 7.78. The lowest BCUT2D eigenvalue weighted by Crippen LogP contribution is -2.20. The van der Waals surface area contributed by atoms with Crippen molar-refractivity contribution in [2.75, 3.05) is 6.61 Å². The topological polar surface area (TPSA) is 35.0 Å². The number of halogens is 4. The molecule has 1 heterocycles. The Kier molecular flexibility index (Phi) is 5.30. The van der Waals surface area contributed by atoms with Crippen LogP contribution in [0.15, 0.2) is 41.6 Å². The fourth-order valence-electron chi connectivity index (χ4n) is 1.44. The number of nitrogens with zero attached hydrogens (tertiary/aromatic N) is 2. The van der Waals surface area contributed by atoms with Crippen LogP contribution in [0.4, 0.5) is 13.2 Å². The average Bonchev–Trinajstić information content (AvgIpc) is 2.44. The maximum atomic E-state index is 12.2. The molecule has 112 valence electrons. The summed E-state index contributed by atoms with van der Waals surface area (Å²) in [6, 6.07) is 9.44. The molecule has 0 aliphatic heterocycles. The molecule has 0 N–H and O–H groups in total. The van der Waals surface area contributed by atoms with Crippen LogP contribution < -0.4 is 4.74 Å². The van der Waals surface area contributed by atoms with Gasteiger partial charge in [0.1, 0.15) is 16.4 Å². The first kappa shape index (κ1) is 15.9. The van der Waals surface area contributed by atoms with E-state index in [0.717, 1.165) is 11.9 Å². The number of hydrogen-bond acceptors (Lipinski definition) is 4. The van der Waals surface area contributed by atoms with Gasteiger partial charge in [0, 0.05) is 5.75 Å². The van der Waals surface area contributed by atoms with E-state index in [1.165, 1.54) is 11.8 Å². The molecule has 1 aromatic heterocycles. The second-order valence-electron chi connectivity index (χ2n) is 3.98. The molecule has 8 heteroatoms. The third-order valence-corrected chi connectivity index (χ3v) is 3.86. The zero-order valence-corrected chi connectivity index (χ0v) is 12.2. The van der Waals surface area contributed by atoms with Crippen LogP contribution in [0.3, 0.4) is 0 Å². The van der Waals surface area contributed by atoms with E-state index in [4.69, 9.17) is 11.6 Å². The van der Waals surface area contributed by atoms with Crippen molar-refractivity contribution in [3.63, 3.8) is 0 Å². The van der Waals surface area contributed by atoms with Crippen LogP contribution in [-0.4, -0.2) is 22.8 Å². The van der Waals surface area contributed by atoms with Crippen LogP contribution in [-0.2, 0) is 5.75 Å². The molecular weight excluding hydrogens is 325 g/mol. The van der Waals surface area contributed by atoms with E-state index in [9.17, 15) is 13.2 Å². The van der Waals surface area contributed by atoms with Gasteiger partial charge in [-0.25, -0.2) is 9.97 Å². The summed E-state index contributed by atoms with van der Waals surface area (Å²) in [5, 5.41) is 0.0723. The summed E-state index contributed by atoms with van der Waals surface area (Å²) < 4.78 is 41.3. The number of ether oxygens (including phenoxy) is 1. The quantitative estimate of drug-likeness (QED) is 0.601. The van der Waals surface area contributed by atoms with E-state index in [-0.39, 0.29) is 11.0 Å². The lowest BCUT2D eigenvalue weighted by molar-refractivity contribution is -0.154. The number of benzene rings is 1. The number of rotatable bonds is 5. The van der Waals surface area contributed by atoms with Crippen molar-refractivity contribution < 1.29 is 17.9 Å². The van der Waals surface area contributed by atoms with Gasteiger partial charge in [0.2, 0.25) is 5.88 Å². The predicted octanol–water partition coefficient (Wildman–Crippen LogP) is 4.36. The van der Waals surface area contributed by atoms with Gasteiger partial charge in [-0.2, -0.15) is 13.2 Å². The third kappa shape index (κ3) is 5.09. The average molecular weight is 335 g/mol. The van der Waals surface area contributed by atoms with Crippen molar-refractivity contribution in [3.8, 4) is 5.88 Å². The minimum absolute atomic E-state index is 0.0723. The molecule has 21 heavy (non-hydrogen) atoms. The smallest absolute Gasteiger partial charge is 0.422 e. The fraction of sp³-hybridized carbons (Fsp3) is 0.231. The Morgan fingerprint density at radius 3 is 2.52 bits per heavy atom. The highest BCUT2D eigenvalue weighted by molar-refractivity contribution is 7.98. The Morgan fingerprint density at radius 2 is 1.86 bits per heavy atom. The van der Waals surface area contributed by atoms with E-state index in [0.29, 0.717) is 10.6 Å². The standard InChI is InChI=1S/C13H10ClF3N2OS/c14-11-10(21-6-9-4-2-1-3-5-9)12(19-8-18-11)20-7-13(15,16)17/h1-5,8H,6-7H2. The minimum atomic E-state index is -4.43. The van der Waals surface area contributed by atoms with Crippen LogP contribution in [0.2, 0.25) is 5.15 Å². The van der Waals surface area contributed by atoms with E-state index in [1.807, 2.05) is 30.3 Å². The molecule has 0 unspecified atom stereocenters. The van der Waals surface area contributed by atoms with Gasteiger partial charge in [0.25, 0.3) is 0 Å². The van der Waals surface area contributed by atoms with Crippen molar-refractivity contribution in [2.45, 2.75) is 16.8 Å². The maximum absolute atomic E-state index is 12.2. The van der Waals surface area contributed by atoms with Crippen molar-refractivity contribution in [1.29, 1.82) is 0 Å². The zero-order valence-electron chi connectivity index (χ0n) is 10.6. The molecule has 0 amide bonds. The van der Waals surface area contributed by atoms with Crippen molar-refractivity contribution in [2.24, 2.45) is 0 Å². The van der Waals surface area contributed by atoms with Gasteiger partial charge in [0.05, 0.1) is 0 Å². The van der Waals surface area contributed by atoms with E-state index in [2.05, 4.69) is 14.7 Å². The molecule has 0 aliphatic carbocycles. The SMILES string of the molecule is FC(F)(F)COc1ncnc(Cl)c1SCc1ccccc1. The lowest BCUT2D eigenvalue weighted by Gasteiger charge is -2.12. The van der Waals surface area contributed by atoms with Crippen LogP contribution in [0.5, 0.6) is 5.88 Å². The Morgan fingerprint density at radius 1 is 1.14 bits per heavy atom. The number of alkyl halides is 3. The fourth-order valence-corrected chi connectivity index (χ4v) is 2.64. The monoisotopic (exact) mass is 334 g/mol. The normalized spacial score (nSPS) is 11.4. The Bertz CT molecular complexity index is 596. The molecule has 2 rings (SSSR count). The molecule has 0 saturated heterocycles. The van der Waals surface area contributed by atoms with Gasteiger partial charge < -0.3 is 4.74 Å². The molecule has 0 atom stereocenters. The largest absolute Gasteiger partial charge is 0.467 e. The summed E-state index contributed by atoms with van der Waals surface area (Å²) >= 11 is 7.14. The molecule has 0 radical (unpaired) electrons. The molecule has 0 aliphatic rings. The molecular formula is C13H10ClF3N2OS. The Balaban J connectivity index is 2.10. The number of hydrogen-bond donors (Lipinski definition) is 0. The van der Waals surface area contributed by atoms with Gasteiger partial charge in [-0.3, -0.25) is 0 Å². The summed E-state index contributed by atoms with van der Waals surface area (Å²) in [6.45, 7) is -1.42. The van der Waals surface area contributed by atoms with E-state index < -0.39 is 12.8 Å². The first-order valence-electron chi connectivity index (χ1n) is 5.82. The molecule has 3 nitrogen and oxygen atoms in total. The predicted molar refractivity (Wildman–Crippen MR) is 74.6 cm³/mol. The van der Waals surface area contributed by atoms with Crippen LogP contribution in [0, 0.1) is 0 Å². The number of thioether (sulfide) groups is 1. The third-order valence-electron chi connectivity index (χ3n) is 2.33. The van der Waals surface area contributed by atoms with Gasteiger partial charge in [-0.1, -0.05) is 41.9 Å². The van der Waals surface area contributed by atoms with E-state index >= 15 is 0 Å². The second-order valence-corrected chi connectivity index (χ2v) is 5.32. The van der Waals surface area contributed by atoms with Gasteiger partial charge in [-0.05, 0) is 5.56 Å². The van der Waals surface area contributed by atoms with Crippen molar-refractivity contribution in [3.05, 3.63) is 47.4 Å². The maximum Gasteiger partial charge on any atom is 0.422 e. The Labute approximate surface area is 128 Å². The van der Waals surface area contributed by atoms with E-state index in [1.54, 1.807) is 0 Å². The zero-order chi connectivity index (χ0) is 15.3. The summed E-state index contributed by atoms with van der Waals surface area (Å²) in [7, 11) is 0. The molecule has 2 aromatic rings. The lowest BCUT2D eigenvalue weighted by atomic mass is 10.2. The van der Waals surface area contributed by atoms with Gasteiger partial charge in [-0.15, -0.1) is 11.8 Å². The summed E-state index contributed by atoms with van der Waals surface area (Å²) in [5.74, 6) is 0.365. The van der Waals surface area contributed by atoms with Gasteiger partial charge >= 0.3 is 6.18 Å². The molecule has 0 fully saturated rings. The van der Waals surface area contributed by atoms with Crippen LogP contribution >= 0.6 is 23.4 Å². The highest BCUT2D eigenvalue weighted by Crippen LogP contribution is 2.35. The summed E-state index contributed by atoms with van der Waals surface area (Å²) in [5.41, 5.74) is 1.00. The van der Waals surface area contributed by atoms with Crippen LogP contribution in [0.1, 0.15) is 5.56 Å². The minimum Gasteiger partial charge on any atom is -0.467 e. The van der Waals surface area contributed by atoms with Crippen LogP contribution in [0.25, 0.3) is 0 Å². The van der Waals surface area contributed by atoms with Crippen molar-refractivity contribution >= 4 is 23.4 Å². The molecule has 0 spiro atoms. The highest BCUT2D eigenvalue weighted by atomic mass is 35.5. The molecule has 0 saturated carbocycles. The van der Waals surface area contributed by atoms with Crippen molar-refractivity contribution in [1.82, 2.24) is 9.97 Å². The molecule has 0 bridgehead atoms.